The highest BCUT2D eigenvalue weighted by molar-refractivity contribution is 6.35. The molecule has 0 aliphatic carbocycles. The van der Waals surface area contributed by atoms with Gasteiger partial charge in [-0.3, -0.25) is 14.4 Å². The van der Waals surface area contributed by atoms with E-state index in [1.54, 1.807) is 24.3 Å². The SMILES string of the molecule is COCCNC(=O)C(=O)N/N=C\c1cc(Cl)c(OCC(=O)Nc2ccccc2Cl)c(OC)c1. The maximum Gasteiger partial charge on any atom is 0.329 e. The summed E-state index contributed by atoms with van der Waals surface area (Å²) in [6, 6.07) is 9.80. The molecule has 0 radical (unpaired) electrons. The van der Waals surface area contributed by atoms with Crippen LogP contribution in [0.3, 0.4) is 0 Å². The third-order valence-electron chi connectivity index (χ3n) is 3.93. The summed E-state index contributed by atoms with van der Waals surface area (Å²) in [6.07, 6.45) is 1.27. The van der Waals surface area contributed by atoms with Gasteiger partial charge in [0.05, 0.1) is 35.7 Å². The summed E-state index contributed by atoms with van der Waals surface area (Å²) in [5, 5.41) is 9.25. The van der Waals surface area contributed by atoms with E-state index < -0.39 is 17.7 Å². The summed E-state index contributed by atoms with van der Waals surface area (Å²) in [7, 11) is 2.87. The lowest BCUT2D eigenvalue weighted by Gasteiger charge is -2.13. The van der Waals surface area contributed by atoms with E-state index in [1.807, 2.05) is 0 Å². The molecule has 12 heteroatoms. The van der Waals surface area contributed by atoms with E-state index in [2.05, 4.69) is 21.2 Å². The van der Waals surface area contributed by atoms with Crippen LogP contribution in [0.2, 0.25) is 10.0 Å². The highest BCUT2D eigenvalue weighted by atomic mass is 35.5. The predicted octanol–water partition coefficient (Wildman–Crippen LogP) is 2.23. The van der Waals surface area contributed by atoms with Crippen LogP contribution < -0.4 is 25.5 Å². The van der Waals surface area contributed by atoms with Crippen LogP contribution in [-0.4, -0.2) is 57.9 Å². The van der Waals surface area contributed by atoms with Crippen molar-refractivity contribution in [2.45, 2.75) is 0 Å². The van der Waals surface area contributed by atoms with Crippen molar-refractivity contribution in [2.75, 3.05) is 39.3 Å². The lowest BCUT2D eigenvalue weighted by molar-refractivity contribution is -0.139. The molecular formula is C21H22Cl2N4O6. The average Bonchev–Trinajstić information content (AvgIpc) is 2.79. The topological polar surface area (TPSA) is 127 Å². The summed E-state index contributed by atoms with van der Waals surface area (Å²) in [5.74, 6) is -1.85. The first-order valence-electron chi connectivity index (χ1n) is 9.50. The Balaban J connectivity index is 1.97. The van der Waals surface area contributed by atoms with Gasteiger partial charge in [0.25, 0.3) is 5.91 Å². The summed E-state index contributed by atoms with van der Waals surface area (Å²) in [5.41, 5.74) is 3.00. The van der Waals surface area contributed by atoms with Crippen molar-refractivity contribution in [2.24, 2.45) is 5.10 Å². The number of rotatable bonds is 10. The van der Waals surface area contributed by atoms with Crippen LogP contribution in [0.25, 0.3) is 0 Å². The summed E-state index contributed by atoms with van der Waals surface area (Å²) >= 11 is 12.3. The molecule has 2 aromatic carbocycles. The van der Waals surface area contributed by atoms with E-state index in [-0.39, 0.29) is 36.3 Å². The molecule has 0 spiro atoms. The van der Waals surface area contributed by atoms with Gasteiger partial charge in [0, 0.05) is 13.7 Å². The molecule has 176 valence electrons. The molecule has 0 atom stereocenters. The number of hydrogen-bond donors (Lipinski definition) is 3. The van der Waals surface area contributed by atoms with Gasteiger partial charge in [0.1, 0.15) is 0 Å². The molecule has 2 rings (SSSR count). The molecule has 0 saturated carbocycles. The number of para-hydroxylation sites is 1. The van der Waals surface area contributed by atoms with Gasteiger partial charge in [-0.25, -0.2) is 5.43 Å². The van der Waals surface area contributed by atoms with Crippen molar-refractivity contribution in [1.82, 2.24) is 10.7 Å². The fraction of sp³-hybridized carbons (Fsp3) is 0.238. The van der Waals surface area contributed by atoms with E-state index in [4.69, 9.17) is 37.4 Å². The molecule has 0 unspecified atom stereocenters. The Kier molecular flexibility index (Phi) is 10.4. The molecule has 3 amide bonds. The third-order valence-corrected chi connectivity index (χ3v) is 4.54. The van der Waals surface area contributed by atoms with Crippen molar-refractivity contribution >= 4 is 52.8 Å². The minimum atomic E-state index is -0.940. The first kappa shape index (κ1) is 25.9. The highest BCUT2D eigenvalue weighted by Gasteiger charge is 2.15. The van der Waals surface area contributed by atoms with E-state index in [0.29, 0.717) is 16.3 Å². The summed E-state index contributed by atoms with van der Waals surface area (Å²) < 4.78 is 15.6. The molecule has 10 nitrogen and oxygen atoms in total. The number of amides is 3. The van der Waals surface area contributed by atoms with Crippen LogP contribution in [0.5, 0.6) is 11.5 Å². The molecule has 3 N–H and O–H groups in total. The van der Waals surface area contributed by atoms with Gasteiger partial charge in [-0.15, -0.1) is 0 Å². The van der Waals surface area contributed by atoms with E-state index in [0.717, 1.165) is 0 Å². The van der Waals surface area contributed by atoms with Gasteiger partial charge >= 0.3 is 11.8 Å². The molecule has 0 aliphatic heterocycles. The zero-order valence-electron chi connectivity index (χ0n) is 17.8. The molecule has 0 fully saturated rings. The van der Waals surface area contributed by atoms with Gasteiger partial charge in [0.2, 0.25) is 0 Å². The monoisotopic (exact) mass is 496 g/mol. The van der Waals surface area contributed by atoms with Gasteiger partial charge in [-0.2, -0.15) is 5.10 Å². The second-order valence-corrected chi connectivity index (χ2v) is 7.11. The third kappa shape index (κ3) is 8.26. The first-order valence-corrected chi connectivity index (χ1v) is 10.3. The number of benzene rings is 2. The van der Waals surface area contributed by atoms with Gasteiger partial charge < -0.3 is 24.8 Å². The smallest absolute Gasteiger partial charge is 0.329 e. The number of halogens is 2. The van der Waals surface area contributed by atoms with E-state index >= 15 is 0 Å². The molecule has 0 saturated heterocycles. The van der Waals surface area contributed by atoms with Crippen LogP contribution in [0.1, 0.15) is 5.56 Å². The van der Waals surface area contributed by atoms with Gasteiger partial charge in [0.15, 0.2) is 18.1 Å². The van der Waals surface area contributed by atoms with E-state index in [1.165, 1.54) is 32.6 Å². The zero-order valence-corrected chi connectivity index (χ0v) is 19.3. The van der Waals surface area contributed by atoms with Crippen molar-refractivity contribution in [3.8, 4) is 11.5 Å². The molecule has 0 aliphatic rings. The minimum absolute atomic E-state index is 0.143. The van der Waals surface area contributed by atoms with Gasteiger partial charge in [-0.05, 0) is 29.8 Å². The predicted molar refractivity (Wildman–Crippen MR) is 124 cm³/mol. The number of carbonyl (C=O) groups is 3. The molecular weight excluding hydrogens is 475 g/mol. The first-order chi connectivity index (χ1) is 15.8. The maximum atomic E-state index is 12.2. The second kappa shape index (κ2) is 13.3. The number of nitrogens with zero attached hydrogens (tertiary/aromatic N) is 1. The summed E-state index contributed by atoms with van der Waals surface area (Å²) in [4.78, 5) is 35.4. The number of anilines is 1. The maximum absolute atomic E-state index is 12.2. The Bertz CT molecular complexity index is 1030. The van der Waals surface area contributed by atoms with Gasteiger partial charge in [-0.1, -0.05) is 35.3 Å². The Labute approximate surface area is 200 Å². The van der Waals surface area contributed by atoms with Crippen LogP contribution in [-0.2, 0) is 19.1 Å². The summed E-state index contributed by atoms with van der Waals surface area (Å²) in [6.45, 7) is 0.122. The highest BCUT2D eigenvalue weighted by Crippen LogP contribution is 2.36. The van der Waals surface area contributed by atoms with Crippen LogP contribution >= 0.6 is 23.2 Å². The molecule has 2 aromatic rings. The lowest BCUT2D eigenvalue weighted by atomic mass is 10.2. The Morgan fingerprint density at radius 1 is 1.06 bits per heavy atom. The Hall–Kier alpha value is -3.34. The number of nitrogens with one attached hydrogen (secondary N) is 3. The zero-order chi connectivity index (χ0) is 24.2. The average molecular weight is 497 g/mol. The lowest BCUT2D eigenvalue weighted by Crippen LogP contribution is -2.39. The van der Waals surface area contributed by atoms with E-state index in [9.17, 15) is 14.4 Å². The number of hydrazone groups is 1. The van der Waals surface area contributed by atoms with Crippen LogP contribution in [0.15, 0.2) is 41.5 Å². The molecule has 33 heavy (non-hydrogen) atoms. The van der Waals surface area contributed by atoms with Crippen LogP contribution in [0, 0.1) is 0 Å². The van der Waals surface area contributed by atoms with Crippen molar-refractivity contribution in [3.63, 3.8) is 0 Å². The number of carbonyl (C=O) groups excluding carboxylic acids is 3. The van der Waals surface area contributed by atoms with Crippen molar-refractivity contribution < 1.29 is 28.6 Å². The number of hydrogen-bond acceptors (Lipinski definition) is 7. The quantitative estimate of drug-likeness (QED) is 0.200. The van der Waals surface area contributed by atoms with Crippen molar-refractivity contribution in [1.29, 1.82) is 0 Å². The number of methoxy groups -OCH3 is 2. The normalized spacial score (nSPS) is 10.5. The fourth-order valence-electron chi connectivity index (χ4n) is 2.40. The molecule has 0 heterocycles. The number of ether oxygens (including phenoxy) is 3. The fourth-order valence-corrected chi connectivity index (χ4v) is 2.86. The Morgan fingerprint density at radius 3 is 2.52 bits per heavy atom. The largest absolute Gasteiger partial charge is 0.493 e. The standard InChI is InChI=1S/C21H22Cl2N4O6/c1-31-8-7-24-20(29)21(30)27-25-11-13-9-15(23)19(17(10-13)32-2)33-12-18(28)26-16-6-4-3-5-14(16)22/h3-6,9-11H,7-8,12H2,1-2H3,(H,24,29)(H,26,28)(H,27,30)/b25-11-. The Morgan fingerprint density at radius 2 is 1.82 bits per heavy atom. The molecule has 0 bridgehead atoms. The van der Waals surface area contributed by atoms with Crippen LogP contribution in [0.4, 0.5) is 5.69 Å². The minimum Gasteiger partial charge on any atom is -0.493 e. The molecule has 0 aromatic heterocycles. The van der Waals surface area contributed by atoms with Crippen molar-refractivity contribution in [3.05, 3.63) is 52.0 Å². The second-order valence-electron chi connectivity index (χ2n) is 6.30.